The van der Waals surface area contributed by atoms with Gasteiger partial charge in [0, 0.05) is 6.66 Å². The first kappa shape index (κ1) is 11.6. The molecule has 2 atom stereocenters. The molecule has 0 radical (unpaired) electrons. The highest BCUT2D eigenvalue weighted by molar-refractivity contribution is 7.77. The van der Waals surface area contributed by atoms with Gasteiger partial charge in [-0.1, -0.05) is 11.6 Å². The average molecular weight is 224 g/mol. The van der Waals surface area contributed by atoms with Crippen molar-refractivity contribution < 1.29 is 28.9 Å². The van der Waals surface area contributed by atoms with Crippen LogP contribution in [0.3, 0.4) is 0 Å². The number of aliphatic hydroxyl groups is 1. The van der Waals surface area contributed by atoms with Gasteiger partial charge in [0.25, 0.3) is 7.37 Å². The summed E-state index contributed by atoms with van der Waals surface area (Å²) in [5.74, 6) is 0. The lowest BCUT2D eigenvalue weighted by molar-refractivity contribution is 0.215. The van der Waals surface area contributed by atoms with E-state index >= 15 is 0 Å². The van der Waals surface area contributed by atoms with Crippen molar-refractivity contribution in [3.63, 3.8) is 0 Å². The van der Waals surface area contributed by atoms with Crippen LogP contribution in [0.1, 0.15) is 0 Å². The predicted molar refractivity (Wildman–Crippen MR) is 38.6 cm³/mol. The maximum absolute atomic E-state index is 10.6. The number of rotatable bonds is 2. The van der Waals surface area contributed by atoms with E-state index in [9.17, 15) is 9.13 Å². The van der Waals surface area contributed by atoms with Crippen LogP contribution in [0.2, 0.25) is 0 Å². The molecule has 0 aromatic heterocycles. The van der Waals surface area contributed by atoms with Gasteiger partial charge in [0.15, 0.2) is 0 Å². The van der Waals surface area contributed by atoms with Gasteiger partial charge in [-0.3, -0.25) is 9.13 Å². The fraction of sp³-hybridized carbons (Fsp3) is 1.00. The fourth-order valence-electron chi connectivity index (χ4n) is 0.242. The largest absolute Gasteiger partial charge is 0.382 e. The minimum Gasteiger partial charge on any atom is -0.358 e. The highest BCUT2D eigenvalue weighted by Crippen LogP contribution is 2.69. The molecule has 0 aliphatic carbocycles. The van der Waals surface area contributed by atoms with E-state index < -0.39 is 19.5 Å². The van der Waals surface area contributed by atoms with Crippen molar-refractivity contribution in [2.24, 2.45) is 0 Å². The molecule has 68 valence electrons. The Balaban J connectivity index is 5.08. The summed E-state index contributed by atoms with van der Waals surface area (Å²) >= 11 is 4.77. The molecule has 4 N–H and O–H groups in total. The van der Waals surface area contributed by atoms with Crippen molar-refractivity contribution in [3.05, 3.63) is 0 Å². The molecule has 2 unspecified atom stereocenters. The summed E-state index contributed by atoms with van der Waals surface area (Å²) in [6.45, 7) is 0.555. The number of hydrogen-bond donors (Lipinski definition) is 4. The first-order valence-corrected chi connectivity index (χ1v) is 6.37. The van der Waals surface area contributed by atoms with Crippen LogP contribution in [0.4, 0.5) is 0 Å². The molecule has 0 amide bonds. The van der Waals surface area contributed by atoms with Gasteiger partial charge in [-0.15, -0.1) is 0 Å². The lowest BCUT2D eigenvalue weighted by Gasteiger charge is -2.23. The Bertz CT molecular complexity index is 211. The van der Waals surface area contributed by atoms with Gasteiger partial charge in [0.1, 0.15) is 0 Å². The molecule has 9 heteroatoms. The molecule has 0 aromatic rings. The molecular formula is C2H7ClO6P2. The summed E-state index contributed by atoms with van der Waals surface area (Å²) < 4.78 is 17.5. The summed E-state index contributed by atoms with van der Waals surface area (Å²) in [6.07, 6.45) is 0. The van der Waals surface area contributed by atoms with E-state index in [0.29, 0.717) is 6.66 Å². The van der Waals surface area contributed by atoms with Crippen molar-refractivity contribution in [3.8, 4) is 0 Å². The van der Waals surface area contributed by atoms with Gasteiger partial charge >= 0.3 is 12.1 Å². The van der Waals surface area contributed by atoms with Crippen molar-refractivity contribution in [1.82, 2.24) is 0 Å². The minimum absolute atomic E-state index is 0.555. The molecule has 0 bridgehead atoms. The number of halogens is 1. The molecule has 0 fully saturated rings. The lowest BCUT2D eigenvalue weighted by atomic mass is 11.6. The smallest absolute Gasteiger partial charge is 0.358 e. The van der Waals surface area contributed by atoms with Crippen molar-refractivity contribution in [2.75, 3.05) is 6.66 Å². The zero-order valence-corrected chi connectivity index (χ0v) is 7.92. The third-order valence-electron chi connectivity index (χ3n) is 0.899. The van der Waals surface area contributed by atoms with Crippen LogP contribution in [0.5, 0.6) is 0 Å². The van der Waals surface area contributed by atoms with Gasteiger partial charge in [-0.25, -0.2) is 0 Å². The van der Waals surface area contributed by atoms with Crippen LogP contribution in [-0.4, -0.2) is 31.0 Å². The Labute approximate surface area is 67.4 Å². The highest BCUT2D eigenvalue weighted by Gasteiger charge is 2.55. The van der Waals surface area contributed by atoms with Crippen LogP contribution in [0.15, 0.2) is 0 Å². The topological polar surface area (TPSA) is 115 Å². The van der Waals surface area contributed by atoms with Crippen LogP contribution in [0.25, 0.3) is 0 Å². The molecule has 0 saturated carbocycles. The zero-order chi connectivity index (χ0) is 9.50. The van der Waals surface area contributed by atoms with Gasteiger partial charge in [0.05, 0.1) is 0 Å². The average Bonchev–Trinajstić information content (AvgIpc) is 1.58. The van der Waals surface area contributed by atoms with E-state index in [1.54, 1.807) is 0 Å². The first-order valence-electron chi connectivity index (χ1n) is 2.27. The van der Waals surface area contributed by atoms with Crippen molar-refractivity contribution in [2.45, 2.75) is 4.54 Å². The van der Waals surface area contributed by atoms with Crippen LogP contribution in [-0.2, 0) is 9.13 Å². The summed E-state index contributed by atoms with van der Waals surface area (Å²) in [5.41, 5.74) is 0. The van der Waals surface area contributed by atoms with E-state index in [2.05, 4.69) is 0 Å². The third kappa shape index (κ3) is 2.26. The quantitative estimate of drug-likeness (QED) is 0.385. The van der Waals surface area contributed by atoms with E-state index in [-0.39, 0.29) is 0 Å². The highest BCUT2D eigenvalue weighted by atomic mass is 35.5. The van der Waals surface area contributed by atoms with E-state index in [1.165, 1.54) is 0 Å². The summed E-state index contributed by atoms with van der Waals surface area (Å²) in [6, 6.07) is 0. The second-order valence-corrected chi connectivity index (χ2v) is 7.54. The Morgan fingerprint density at radius 1 is 1.27 bits per heavy atom. The standard InChI is InChI=1S/C2H7ClO6P2/c1-10(5,6)2(3,4)11(7,8)9/h4H,1H3,(H,5,6)(H2,7,8,9). The molecule has 0 aliphatic heterocycles. The summed E-state index contributed by atoms with van der Waals surface area (Å²) in [5, 5.41) is 8.68. The molecule has 6 nitrogen and oxygen atoms in total. The Morgan fingerprint density at radius 3 is 1.55 bits per heavy atom. The Hall–Kier alpha value is 0.590. The molecule has 0 heterocycles. The maximum Gasteiger partial charge on any atom is 0.382 e. The molecular weight excluding hydrogens is 217 g/mol. The first-order chi connectivity index (χ1) is 4.50. The normalized spacial score (nSPS) is 23.8. The van der Waals surface area contributed by atoms with Crippen LogP contribution < -0.4 is 0 Å². The lowest BCUT2D eigenvalue weighted by Crippen LogP contribution is -2.20. The van der Waals surface area contributed by atoms with Crippen molar-refractivity contribution in [1.29, 1.82) is 0 Å². The van der Waals surface area contributed by atoms with E-state index in [1.807, 2.05) is 0 Å². The zero-order valence-electron chi connectivity index (χ0n) is 5.38. The van der Waals surface area contributed by atoms with Gasteiger partial charge < -0.3 is 19.8 Å². The molecule has 0 rings (SSSR count). The number of alkyl halides is 1. The monoisotopic (exact) mass is 224 g/mol. The van der Waals surface area contributed by atoms with E-state index in [4.69, 9.17) is 31.4 Å². The van der Waals surface area contributed by atoms with Crippen LogP contribution >= 0.6 is 26.6 Å². The number of hydrogen-bond acceptors (Lipinski definition) is 3. The summed E-state index contributed by atoms with van der Waals surface area (Å²) in [7, 11) is -9.61. The summed E-state index contributed by atoms with van der Waals surface area (Å²) in [4.78, 5) is 25.1. The predicted octanol–water partition coefficient (Wildman–Crippen LogP) is -0.0933. The van der Waals surface area contributed by atoms with Gasteiger partial charge in [-0.2, -0.15) is 0 Å². The minimum atomic E-state index is -5.18. The third-order valence-corrected chi connectivity index (χ3v) is 6.19. The molecule has 0 spiro atoms. The maximum atomic E-state index is 10.6. The Morgan fingerprint density at radius 2 is 1.55 bits per heavy atom. The van der Waals surface area contributed by atoms with Gasteiger partial charge in [-0.05, 0) is 0 Å². The SMILES string of the molecule is CP(=O)(O)C(O)(Cl)P(=O)(O)O. The van der Waals surface area contributed by atoms with Gasteiger partial charge in [0.2, 0.25) is 0 Å². The second kappa shape index (κ2) is 2.82. The molecule has 11 heavy (non-hydrogen) atoms. The fourth-order valence-corrected chi connectivity index (χ4v) is 2.18. The molecule has 0 aromatic carbocycles. The molecule has 0 aliphatic rings. The van der Waals surface area contributed by atoms with E-state index in [0.717, 1.165) is 0 Å². The van der Waals surface area contributed by atoms with Crippen molar-refractivity contribution >= 4 is 26.6 Å². The molecule has 0 saturated heterocycles. The Kier molecular flexibility index (Phi) is 2.97. The van der Waals surface area contributed by atoms with Crippen LogP contribution in [0, 0.1) is 0 Å². The second-order valence-electron chi connectivity index (χ2n) is 1.98.